The van der Waals surface area contributed by atoms with Gasteiger partial charge in [-0.15, -0.1) is 11.3 Å². The summed E-state index contributed by atoms with van der Waals surface area (Å²) in [6.07, 6.45) is 0. The number of rotatable bonds is 5. The Morgan fingerprint density at radius 1 is 0.897 bits per heavy atom. The Kier molecular flexibility index (Phi) is 5.54. The highest BCUT2D eigenvalue weighted by Gasteiger charge is 2.09. The smallest absolute Gasteiger partial charge is 0.251 e. The first-order chi connectivity index (χ1) is 14.1. The van der Waals surface area contributed by atoms with Crippen LogP contribution in [0.1, 0.15) is 27.0 Å². The minimum Gasteiger partial charge on any atom is -0.348 e. The van der Waals surface area contributed by atoms with E-state index in [0.717, 1.165) is 33.0 Å². The Morgan fingerprint density at radius 2 is 1.69 bits per heavy atom. The number of thiazole rings is 1. The molecule has 0 fully saturated rings. The first-order valence-corrected chi connectivity index (χ1v) is 10.4. The molecular formula is C25H22N2OS. The summed E-state index contributed by atoms with van der Waals surface area (Å²) >= 11 is 1.63. The third kappa shape index (κ3) is 4.44. The van der Waals surface area contributed by atoms with E-state index in [9.17, 15) is 4.79 Å². The van der Waals surface area contributed by atoms with Gasteiger partial charge in [-0.1, -0.05) is 54.6 Å². The van der Waals surface area contributed by atoms with Crippen molar-refractivity contribution in [3.63, 3.8) is 0 Å². The summed E-state index contributed by atoms with van der Waals surface area (Å²) in [7, 11) is 0. The quantitative estimate of drug-likeness (QED) is 0.446. The van der Waals surface area contributed by atoms with Gasteiger partial charge < -0.3 is 5.32 Å². The molecule has 0 aliphatic carbocycles. The lowest BCUT2D eigenvalue weighted by Gasteiger charge is -2.08. The number of aryl methyl sites for hydroxylation is 2. The maximum Gasteiger partial charge on any atom is 0.251 e. The van der Waals surface area contributed by atoms with Gasteiger partial charge in [0.1, 0.15) is 5.01 Å². The molecule has 1 amide bonds. The Morgan fingerprint density at radius 3 is 2.48 bits per heavy atom. The molecule has 3 aromatic carbocycles. The number of benzene rings is 3. The van der Waals surface area contributed by atoms with Crippen LogP contribution < -0.4 is 5.32 Å². The fraction of sp³-hybridized carbons (Fsp3) is 0.120. The molecule has 29 heavy (non-hydrogen) atoms. The number of carbonyl (C=O) groups excluding carboxylic acids is 1. The SMILES string of the molecule is Cc1ccc(C(=O)NCc2cccc(-c3nc(-c4ccccc4)cs3)c2)cc1C. The highest BCUT2D eigenvalue weighted by molar-refractivity contribution is 7.13. The Bertz CT molecular complexity index is 1150. The van der Waals surface area contributed by atoms with Crippen LogP contribution in [0.15, 0.2) is 78.2 Å². The number of hydrogen-bond donors (Lipinski definition) is 1. The largest absolute Gasteiger partial charge is 0.348 e. The molecular weight excluding hydrogens is 376 g/mol. The lowest BCUT2D eigenvalue weighted by atomic mass is 10.1. The van der Waals surface area contributed by atoms with Crippen molar-refractivity contribution in [3.8, 4) is 21.8 Å². The second kappa shape index (κ2) is 8.41. The van der Waals surface area contributed by atoms with Gasteiger partial charge in [0.25, 0.3) is 5.91 Å². The Balaban J connectivity index is 1.47. The van der Waals surface area contributed by atoms with Crippen LogP contribution in [0, 0.1) is 13.8 Å². The van der Waals surface area contributed by atoms with Crippen LogP contribution in [-0.2, 0) is 6.54 Å². The van der Waals surface area contributed by atoms with E-state index in [1.807, 2.05) is 62.4 Å². The van der Waals surface area contributed by atoms with E-state index >= 15 is 0 Å². The molecule has 4 heteroatoms. The van der Waals surface area contributed by atoms with Crippen LogP contribution in [0.2, 0.25) is 0 Å². The minimum atomic E-state index is -0.0564. The molecule has 0 bridgehead atoms. The maximum atomic E-state index is 12.5. The molecule has 1 N–H and O–H groups in total. The van der Waals surface area contributed by atoms with Crippen molar-refractivity contribution in [2.75, 3.05) is 0 Å². The molecule has 1 heterocycles. The average molecular weight is 399 g/mol. The van der Waals surface area contributed by atoms with Crippen molar-refractivity contribution < 1.29 is 4.79 Å². The van der Waals surface area contributed by atoms with Gasteiger partial charge in [0.05, 0.1) is 5.69 Å². The van der Waals surface area contributed by atoms with E-state index in [0.29, 0.717) is 12.1 Å². The normalized spacial score (nSPS) is 10.7. The molecule has 0 aliphatic rings. The van der Waals surface area contributed by atoms with Gasteiger partial charge in [0, 0.05) is 28.6 Å². The summed E-state index contributed by atoms with van der Waals surface area (Å²) in [5.74, 6) is -0.0564. The zero-order valence-corrected chi connectivity index (χ0v) is 17.3. The monoisotopic (exact) mass is 398 g/mol. The molecule has 0 saturated carbocycles. The summed E-state index contributed by atoms with van der Waals surface area (Å²) in [5, 5.41) is 6.08. The van der Waals surface area contributed by atoms with Crippen molar-refractivity contribution in [3.05, 3.63) is 100 Å². The third-order valence-electron chi connectivity index (χ3n) is 4.97. The lowest BCUT2D eigenvalue weighted by Crippen LogP contribution is -2.22. The van der Waals surface area contributed by atoms with Crippen LogP contribution in [0.25, 0.3) is 21.8 Å². The Labute approximate surface area is 175 Å². The summed E-state index contributed by atoms with van der Waals surface area (Å²) in [4.78, 5) is 17.3. The number of hydrogen-bond acceptors (Lipinski definition) is 3. The second-order valence-corrected chi connectivity index (χ2v) is 7.94. The zero-order valence-electron chi connectivity index (χ0n) is 16.5. The number of carbonyl (C=O) groups is 1. The van der Waals surface area contributed by atoms with Crippen LogP contribution in [-0.4, -0.2) is 10.9 Å². The number of aromatic nitrogens is 1. The summed E-state index contributed by atoms with van der Waals surface area (Å²) in [6, 6.07) is 24.2. The minimum absolute atomic E-state index is 0.0564. The second-order valence-electron chi connectivity index (χ2n) is 7.09. The van der Waals surface area contributed by atoms with Gasteiger partial charge in [-0.3, -0.25) is 4.79 Å². The molecule has 0 spiro atoms. The molecule has 0 aliphatic heterocycles. The Hall–Kier alpha value is -3.24. The van der Waals surface area contributed by atoms with E-state index in [4.69, 9.17) is 4.98 Å². The fourth-order valence-corrected chi connectivity index (χ4v) is 3.96. The van der Waals surface area contributed by atoms with Gasteiger partial charge in [0.15, 0.2) is 0 Å². The van der Waals surface area contributed by atoms with E-state index < -0.39 is 0 Å². The summed E-state index contributed by atoms with van der Waals surface area (Å²) in [6.45, 7) is 4.55. The van der Waals surface area contributed by atoms with E-state index in [2.05, 4.69) is 35.0 Å². The highest BCUT2D eigenvalue weighted by atomic mass is 32.1. The van der Waals surface area contributed by atoms with Crippen molar-refractivity contribution in [2.45, 2.75) is 20.4 Å². The van der Waals surface area contributed by atoms with Gasteiger partial charge in [-0.2, -0.15) is 0 Å². The predicted octanol–water partition coefficient (Wildman–Crippen LogP) is 6.02. The van der Waals surface area contributed by atoms with E-state index in [1.165, 1.54) is 5.56 Å². The molecule has 1 aromatic heterocycles. The summed E-state index contributed by atoms with van der Waals surface area (Å²) < 4.78 is 0. The fourth-order valence-electron chi connectivity index (χ4n) is 3.13. The molecule has 3 nitrogen and oxygen atoms in total. The van der Waals surface area contributed by atoms with Gasteiger partial charge >= 0.3 is 0 Å². The third-order valence-corrected chi connectivity index (χ3v) is 5.86. The van der Waals surface area contributed by atoms with Crippen LogP contribution in [0.5, 0.6) is 0 Å². The van der Waals surface area contributed by atoms with Gasteiger partial charge in [-0.05, 0) is 48.7 Å². The van der Waals surface area contributed by atoms with E-state index in [-0.39, 0.29) is 5.91 Å². The highest BCUT2D eigenvalue weighted by Crippen LogP contribution is 2.29. The zero-order chi connectivity index (χ0) is 20.2. The maximum absolute atomic E-state index is 12.5. The van der Waals surface area contributed by atoms with Crippen molar-refractivity contribution in [1.82, 2.24) is 10.3 Å². The van der Waals surface area contributed by atoms with Crippen molar-refractivity contribution in [2.24, 2.45) is 0 Å². The van der Waals surface area contributed by atoms with Gasteiger partial charge in [0.2, 0.25) is 0 Å². The van der Waals surface area contributed by atoms with Crippen LogP contribution >= 0.6 is 11.3 Å². The topological polar surface area (TPSA) is 42.0 Å². The molecule has 4 aromatic rings. The number of nitrogens with zero attached hydrogens (tertiary/aromatic N) is 1. The molecule has 0 unspecified atom stereocenters. The number of amides is 1. The van der Waals surface area contributed by atoms with Crippen molar-refractivity contribution >= 4 is 17.2 Å². The van der Waals surface area contributed by atoms with Gasteiger partial charge in [-0.25, -0.2) is 4.98 Å². The molecule has 0 atom stereocenters. The van der Waals surface area contributed by atoms with E-state index in [1.54, 1.807) is 11.3 Å². The van der Waals surface area contributed by atoms with Crippen LogP contribution in [0.4, 0.5) is 0 Å². The first kappa shape index (κ1) is 19.1. The first-order valence-electron chi connectivity index (χ1n) is 9.56. The molecule has 0 radical (unpaired) electrons. The number of nitrogens with one attached hydrogen (secondary N) is 1. The lowest BCUT2D eigenvalue weighted by molar-refractivity contribution is 0.0951. The predicted molar refractivity (Wildman–Crippen MR) is 120 cm³/mol. The average Bonchev–Trinajstić information content (AvgIpc) is 3.25. The van der Waals surface area contributed by atoms with Crippen LogP contribution in [0.3, 0.4) is 0 Å². The molecule has 4 rings (SSSR count). The molecule has 144 valence electrons. The standard InChI is InChI=1S/C25H22N2OS/c1-17-11-12-21(13-18(17)2)24(28)26-15-19-7-6-10-22(14-19)25-27-23(16-29-25)20-8-4-3-5-9-20/h3-14,16H,15H2,1-2H3,(H,26,28). The molecule has 0 saturated heterocycles. The van der Waals surface area contributed by atoms with Crippen molar-refractivity contribution in [1.29, 1.82) is 0 Å². The summed E-state index contributed by atoms with van der Waals surface area (Å²) in [5.41, 5.74) is 7.22.